The van der Waals surface area contributed by atoms with Crippen molar-refractivity contribution < 1.29 is 24.0 Å². The average Bonchev–Trinajstić information content (AvgIpc) is 2.65. The van der Waals surface area contributed by atoms with Crippen LogP contribution in [0, 0.1) is 11.8 Å². The lowest BCUT2D eigenvalue weighted by Crippen LogP contribution is -2.58. The number of hydrogen-bond acceptors (Lipinski definition) is 6. The first-order valence-corrected chi connectivity index (χ1v) is 10.6. The summed E-state index contributed by atoms with van der Waals surface area (Å²) in [6, 6.07) is 5.05. The molecule has 30 heavy (non-hydrogen) atoms. The van der Waals surface area contributed by atoms with E-state index in [1.165, 1.54) is 6.07 Å². The van der Waals surface area contributed by atoms with Gasteiger partial charge < -0.3 is 13.9 Å². The van der Waals surface area contributed by atoms with Crippen LogP contribution in [-0.2, 0) is 4.89 Å². The third kappa shape index (κ3) is 2.73. The molecule has 0 radical (unpaired) electrons. The molecule has 2 aliphatic heterocycles. The highest BCUT2D eigenvalue weighted by molar-refractivity contribution is 5.88. The van der Waals surface area contributed by atoms with E-state index in [4.69, 9.17) is 13.9 Å². The maximum absolute atomic E-state index is 11.8. The van der Waals surface area contributed by atoms with E-state index >= 15 is 0 Å². The second-order valence-corrected chi connectivity index (χ2v) is 10.2. The van der Waals surface area contributed by atoms with Crippen LogP contribution >= 0.6 is 0 Å². The lowest BCUT2D eigenvalue weighted by atomic mass is 9.56. The molecule has 1 aromatic heterocycles. The number of fused-ring (bicyclic) bond motifs is 3. The fourth-order valence-electron chi connectivity index (χ4n) is 5.67. The number of hydrogen-bond donors (Lipinski definition) is 1. The smallest absolute Gasteiger partial charge is 0.336 e. The zero-order chi connectivity index (χ0) is 21.5. The van der Waals surface area contributed by atoms with Crippen LogP contribution in [0.1, 0.15) is 58.9 Å². The molecule has 0 spiro atoms. The molecule has 0 saturated heterocycles. The lowest BCUT2D eigenvalue weighted by molar-refractivity contribution is -0.297. The maximum Gasteiger partial charge on any atom is 0.336 e. The molecule has 3 heterocycles. The maximum atomic E-state index is 11.8. The molecular formula is C24H28O6. The summed E-state index contributed by atoms with van der Waals surface area (Å²) < 4.78 is 18.6. The van der Waals surface area contributed by atoms with Gasteiger partial charge in [-0.15, -0.1) is 0 Å². The van der Waals surface area contributed by atoms with Gasteiger partial charge in [0.05, 0.1) is 5.39 Å². The van der Waals surface area contributed by atoms with Crippen LogP contribution in [0.2, 0.25) is 0 Å². The second-order valence-electron chi connectivity index (χ2n) is 10.2. The monoisotopic (exact) mass is 412 g/mol. The predicted molar refractivity (Wildman–Crippen MR) is 112 cm³/mol. The van der Waals surface area contributed by atoms with Gasteiger partial charge in [-0.05, 0) is 53.5 Å². The van der Waals surface area contributed by atoms with Crippen molar-refractivity contribution in [1.82, 2.24) is 0 Å². The minimum atomic E-state index is -0.786. The predicted octanol–water partition coefficient (Wildman–Crippen LogP) is 5.05. The Morgan fingerprint density at radius 3 is 2.73 bits per heavy atom. The van der Waals surface area contributed by atoms with Gasteiger partial charge in [0.2, 0.25) is 0 Å². The number of ether oxygens (including phenoxy) is 2. The van der Waals surface area contributed by atoms with Crippen LogP contribution in [0.15, 0.2) is 39.6 Å². The van der Waals surface area contributed by atoms with Gasteiger partial charge in [-0.1, -0.05) is 12.2 Å². The first-order valence-electron chi connectivity index (χ1n) is 10.6. The van der Waals surface area contributed by atoms with E-state index < -0.39 is 16.8 Å². The van der Waals surface area contributed by atoms with E-state index in [1.807, 2.05) is 26.0 Å². The zero-order valence-corrected chi connectivity index (χ0v) is 18.0. The Bertz CT molecular complexity index is 1110. The summed E-state index contributed by atoms with van der Waals surface area (Å²) >= 11 is 0. The molecule has 6 heteroatoms. The molecule has 0 amide bonds. The van der Waals surface area contributed by atoms with Crippen molar-refractivity contribution in [2.24, 2.45) is 11.8 Å². The van der Waals surface area contributed by atoms with E-state index in [2.05, 4.69) is 31.7 Å². The van der Waals surface area contributed by atoms with Crippen LogP contribution in [0.4, 0.5) is 0 Å². The molecule has 160 valence electrons. The summed E-state index contributed by atoms with van der Waals surface area (Å²) in [4.78, 5) is 16.5. The third-order valence-electron chi connectivity index (χ3n) is 7.23. The van der Waals surface area contributed by atoms with E-state index in [9.17, 15) is 10.1 Å². The van der Waals surface area contributed by atoms with E-state index in [1.54, 1.807) is 6.07 Å². The molecule has 1 fully saturated rings. The van der Waals surface area contributed by atoms with Crippen LogP contribution in [0.3, 0.4) is 0 Å². The molecule has 1 saturated carbocycles. The first-order chi connectivity index (χ1) is 14.0. The Morgan fingerprint density at radius 1 is 1.23 bits per heavy atom. The Hall–Kier alpha value is -2.31. The molecule has 1 aliphatic carbocycles. The fraction of sp³-hybridized carbons (Fsp3) is 0.542. The highest BCUT2D eigenvalue weighted by atomic mass is 17.1. The van der Waals surface area contributed by atoms with Crippen molar-refractivity contribution >= 4 is 11.0 Å². The Labute approximate surface area is 175 Å². The van der Waals surface area contributed by atoms with Gasteiger partial charge in [0, 0.05) is 35.4 Å². The van der Waals surface area contributed by atoms with E-state index in [-0.39, 0.29) is 17.4 Å². The summed E-state index contributed by atoms with van der Waals surface area (Å²) in [5.74, 6) is 2.07. The SMILES string of the molecule is CC(C)(/C=C/[C@@H]1[C@H]2c3c4cc5oc(=O)ccc5c3O[C@@]1(C)CC[C@H]2C(C)(C)O4)OO. The fourth-order valence-corrected chi connectivity index (χ4v) is 5.67. The third-order valence-corrected chi connectivity index (χ3v) is 7.23. The second kappa shape index (κ2) is 6.11. The van der Waals surface area contributed by atoms with Gasteiger partial charge in [-0.25, -0.2) is 9.68 Å². The summed E-state index contributed by atoms with van der Waals surface area (Å²) in [7, 11) is 0. The summed E-state index contributed by atoms with van der Waals surface area (Å²) in [5.41, 5.74) is -0.439. The highest BCUT2D eigenvalue weighted by Crippen LogP contribution is 2.64. The Balaban J connectivity index is 1.77. The van der Waals surface area contributed by atoms with Crippen molar-refractivity contribution in [3.8, 4) is 11.5 Å². The van der Waals surface area contributed by atoms with Gasteiger partial charge in [0.15, 0.2) is 0 Å². The molecular weight excluding hydrogens is 384 g/mol. The molecule has 2 aromatic rings. The molecule has 1 aromatic carbocycles. The Kier molecular flexibility index (Phi) is 4.00. The van der Waals surface area contributed by atoms with Crippen molar-refractivity contribution in [3.63, 3.8) is 0 Å². The molecule has 2 bridgehead atoms. The molecule has 3 aliphatic rings. The van der Waals surface area contributed by atoms with Gasteiger partial charge in [-0.2, -0.15) is 0 Å². The Morgan fingerprint density at radius 2 is 2.00 bits per heavy atom. The zero-order valence-electron chi connectivity index (χ0n) is 18.0. The average molecular weight is 412 g/mol. The van der Waals surface area contributed by atoms with Gasteiger partial charge in [-0.3, -0.25) is 5.26 Å². The van der Waals surface area contributed by atoms with Crippen LogP contribution in [-0.4, -0.2) is 22.1 Å². The normalized spacial score (nSPS) is 31.5. The first kappa shape index (κ1) is 19.6. The largest absolute Gasteiger partial charge is 0.487 e. The van der Waals surface area contributed by atoms with Gasteiger partial charge >= 0.3 is 5.63 Å². The molecule has 6 nitrogen and oxygen atoms in total. The van der Waals surface area contributed by atoms with Gasteiger partial charge in [0.1, 0.15) is 33.9 Å². The quantitative estimate of drug-likeness (QED) is 0.329. The summed E-state index contributed by atoms with van der Waals surface area (Å²) in [6.45, 7) is 10.0. The minimum Gasteiger partial charge on any atom is -0.487 e. The van der Waals surface area contributed by atoms with E-state index in [0.29, 0.717) is 11.5 Å². The van der Waals surface area contributed by atoms with Crippen molar-refractivity contribution in [2.75, 3.05) is 0 Å². The lowest BCUT2D eigenvalue weighted by Gasteiger charge is -2.58. The number of benzene rings is 1. The summed E-state index contributed by atoms with van der Waals surface area (Å²) in [5, 5.41) is 10.0. The van der Waals surface area contributed by atoms with Crippen molar-refractivity contribution in [3.05, 3.63) is 46.3 Å². The van der Waals surface area contributed by atoms with Crippen LogP contribution < -0.4 is 15.1 Å². The molecule has 0 unspecified atom stereocenters. The minimum absolute atomic E-state index is 0.0910. The highest BCUT2D eigenvalue weighted by Gasteiger charge is 2.59. The standard InChI is InChI=1S/C24H28O6/c1-22(2,30-26)10-8-15-19-14-9-11-24(15,5)29-21-13-6-7-18(25)27-16(13)12-17(20(19)21)28-23(14,3)4/h6-8,10,12,14-15,19,26H,9,11H2,1-5H3/b10-8+/t14-,15-,19+,24+/m1/s1. The molecule has 1 N–H and O–H groups in total. The topological polar surface area (TPSA) is 78.1 Å². The van der Waals surface area contributed by atoms with Crippen molar-refractivity contribution in [1.29, 1.82) is 0 Å². The molecule has 5 rings (SSSR count). The van der Waals surface area contributed by atoms with E-state index in [0.717, 1.165) is 35.3 Å². The van der Waals surface area contributed by atoms with Crippen LogP contribution in [0.25, 0.3) is 11.0 Å². The summed E-state index contributed by atoms with van der Waals surface area (Å²) in [6.07, 6.45) is 5.92. The number of rotatable bonds is 3. The van der Waals surface area contributed by atoms with Gasteiger partial charge in [0.25, 0.3) is 0 Å². The van der Waals surface area contributed by atoms with Crippen molar-refractivity contribution in [2.45, 2.75) is 70.2 Å². The van der Waals surface area contributed by atoms with Crippen LogP contribution in [0.5, 0.6) is 11.5 Å². The molecule has 4 atom stereocenters.